The van der Waals surface area contributed by atoms with Gasteiger partial charge >= 0.3 is 0 Å². The number of nitrogens with zero attached hydrogens (tertiary/aromatic N) is 2. The first-order chi connectivity index (χ1) is 6.65. The molecule has 1 heterocycles. The molecular formula is C10H15N3O. The molecular weight excluding hydrogens is 178 g/mol. The average Bonchev–Trinajstić information content (AvgIpc) is 2.13. The normalized spacial score (nSPS) is 9.86. The summed E-state index contributed by atoms with van der Waals surface area (Å²) in [5, 5.41) is 0. The maximum atomic E-state index is 5.67. The Bertz CT molecular complexity index is 336. The zero-order valence-corrected chi connectivity index (χ0v) is 8.58. The Morgan fingerprint density at radius 2 is 2.14 bits per heavy atom. The highest BCUT2D eigenvalue weighted by Crippen LogP contribution is 2.19. The summed E-state index contributed by atoms with van der Waals surface area (Å²) >= 11 is 0. The van der Waals surface area contributed by atoms with Crippen LogP contribution in [0.5, 0.6) is 5.88 Å². The topological polar surface area (TPSA) is 61.0 Å². The molecule has 0 saturated carbocycles. The first-order valence-corrected chi connectivity index (χ1v) is 4.49. The summed E-state index contributed by atoms with van der Waals surface area (Å²) in [6, 6.07) is 0. The first kappa shape index (κ1) is 10.5. The third-order valence-corrected chi connectivity index (χ3v) is 1.81. The van der Waals surface area contributed by atoms with E-state index in [4.69, 9.17) is 10.5 Å². The molecule has 0 atom stereocenters. The number of ether oxygens (including phenoxy) is 1. The van der Waals surface area contributed by atoms with Crippen molar-refractivity contribution in [3.05, 3.63) is 24.0 Å². The van der Waals surface area contributed by atoms with Crippen molar-refractivity contribution in [3.8, 4) is 5.88 Å². The lowest BCUT2D eigenvalue weighted by atomic mass is 10.3. The van der Waals surface area contributed by atoms with Crippen LogP contribution < -0.4 is 10.5 Å². The van der Waals surface area contributed by atoms with Crippen LogP contribution in [0.25, 0.3) is 0 Å². The zero-order chi connectivity index (χ0) is 10.6. The Labute approximate surface area is 83.8 Å². The molecule has 76 valence electrons. The van der Waals surface area contributed by atoms with Crippen LogP contribution in [0.2, 0.25) is 0 Å². The number of rotatable bonds is 4. The standard InChI is InChI=1S/C10H15N3O/c1-4-5-6-14-10-7(2)9(11)12-8(3)13-10/h4H,1,5-6H2,2-3H3,(H2,11,12,13). The minimum absolute atomic E-state index is 0.478. The van der Waals surface area contributed by atoms with Crippen molar-refractivity contribution in [2.45, 2.75) is 20.3 Å². The van der Waals surface area contributed by atoms with Gasteiger partial charge in [0.1, 0.15) is 11.6 Å². The van der Waals surface area contributed by atoms with Crippen molar-refractivity contribution in [3.63, 3.8) is 0 Å². The third kappa shape index (κ3) is 2.45. The highest BCUT2D eigenvalue weighted by Gasteiger charge is 2.06. The Hall–Kier alpha value is -1.58. The van der Waals surface area contributed by atoms with Gasteiger partial charge in [0.15, 0.2) is 0 Å². The molecule has 0 fully saturated rings. The fraction of sp³-hybridized carbons (Fsp3) is 0.400. The molecule has 14 heavy (non-hydrogen) atoms. The average molecular weight is 193 g/mol. The fourth-order valence-electron chi connectivity index (χ4n) is 1.00. The third-order valence-electron chi connectivity index (χ3n) is 1.81. The van der Waals surface area contributed by atoms with Crippen LogP contribution in [-0.4, -0.2) is 16.6 Å². The molecule has 0 aliphatic rings. The summed E-state index contributed by atoms with van der Waals surface area (Å²) in [5.74, 6) is 1.67. The summed E-state index contributed by atoms with van der Waals surface area (Å²) in [6.07, 6.45) is 2.59. The van der Waals surface area contributed by atoms with Gasteiger partial charge in [-0.2, -0.15) is 4.98 Å². The van der Waals surface area contributed by atoms with E-state index < -0.39 is 0 Å². The van der Waals surface area contributed by atoms with Gasteiger partial charge in [0.05, 0.1) is 12.2 Å². The SMILES string of the molecule is C=CCCOc1nc(C)nc(N)c1C. The van der Waals surface area contributed by atoms with E-state index in [2.05, 4.69) is 16.5 Å². The van der Waals surface area contributed by atoms with Crippen molar-refractivity contribution in [1.82, 2.24) is 9.97 Å². The van der Waals surface area contributed by atoms with Gasteiger partial charge in [0.25, 0.3) is 0 Å². The molecule has 1 aromatic heterocycles. The Kier molecular flexibility index (Phi) is 3.45. The molecule has 0 unspecified atom stereocenters. The largest absolute Gasteiger partial charge is 0.477 e. The minimum Gasteiger partial charge on any atom is -0.477 e. The predicted molar refractivity (Wildman–Crippen MR) is 56.2 cm³/mol. The van der Waals surface area contributed by atoms with Crippen molar-refractivity contribution >= 4 is 5.82 Å². The highest BCUT2D eigenvalue weighted by atomic mass is 16.5. The maximum Gasteiger partial charge on any atom is 0.221 e. The lowest BCUT2D eigenvalue weighted by molar-refractivity contribution is 0.309. The number of nitrogens with two attached hydrogens (primary N) is 1. The monoisotopic (exact) mass is 193 g/mol. The molecule has 0 saturated heterocycles. The number of aryl methyl sites for hydroxylation is 1. The predicted octanol–water partition coefficient (Wildman–Crippen LogP) is 1.63. The maximum absolute atomic E-state index is 5.67. The highest BCUT2D eigenvalue weighted by molar-refractivity contribution is 5.44. The van der Waals surface area contributed by atoms with Crippen molar-refractivity contribution in [1.29, 1.82) is 0 Å². The van der Waals surface area contributed by atoms with Gasteiger partial charge in [-0.05, 0) is 20.3 Å². The van der Waals surface area contributed by atoms with Crippen molar-refractivity contribution in [2.24, 2.45) is 0 Å². The molecule has 0 amide bonds. The van der Waals surface area contributed by atoms with Crippen LogP contribution >= 0.6 is 0 Å². The van der Waals surface area contributed by atoms with Gasteiger partial charge in [-0.3, -0.25) is 0 Å². The van der Waals surface area contributed by atoms with Crippen LogP contribution in [0, 0.1) is 13.8 Å². The second kappa shape index (κ2) is 4.60. The quantitative estimate of drug-likeness (QED) is 0.583. The van der Waals surface area contributed by atoms with Crippen LogP contribution in [0.15, 0.2) is 12.7 Å². The Morgan fingerprint density at radius 1 is 1.43 bits per heavy atom. The van der Waals surface area contributed by atoms with E-state index in [0.717, 1.165) is 12.0 Å². The molecule has 0 spiro atoms. The first-order valence-electron chi connectivity index (χ1n) is 4.49. The second-order valence-electron chi connectivity index (χ2n) is 3.01. The van der Waals surface area contributed by atoms with E-state index in [-0.39, 0.29) is 0 Å². The molecule has 4 nitrogen and oxygen atoms in total. The van der Waals surface area contributed by atoms with E-state index in [0.29, 0.717) is 24.1 Å². The molecule has 0 aliphatic carbocycles. The van der Waals surface area contributed by atoms with Crippen LogP contribution in [0.1, 0.15) is 17.8 Å². The van der Waals surface area contributed by atoms with Gasteiger partial charge in [-0.15, -0.1) is 6.58 Å². The van der Waals surface area contributed by atoms with Crippen molar-refractivity contribution in [2.75, 3.05) is 12.3 Å². The van der Waals surface area contributed by atoms with Crippen LogP contribution in [-0.2, 0) is 0 Å². The van der Waals surface area contributed by atoms with Gasteiger partial charge in [0, 0.05) is 0 Å². The summed E-state index contributed by atoms with van der Waals surface area (Å²) in [4.78, 5) is 8.19. The number of nitrogen functional groups attached to an aromatic ring is 1. The molecule has 0 aromatic carbocycles. The van der Waals surface area contributed by atoms with Gasteiger partial charge < -0.3 is 10.5 Å². The summed E-state index contributed by atoms with van der Waals surface area (Å²) in [6.45, 7) is 7.81. The van der Waals surface area contributed by atoms with Crippen molar-refractivity contribution < 1.29 is 4.74 Å². The number of hydrogen-bond donors (Lipinski definition) is 1. The zero-order valence-electron chi connectivity index (χ0n) is 8.58. The summed E-state index contributed by atoms with van der Waals surface area (Å²) in [7, 11) is 0. The summed E-state index contributed by atoms with van der Waals surface area (Å²) < 4.78 is 5.44. The van der Waals surface area contributed by atoms with E-state index in [1.807, 2.05) is 6.92 Å². The Morgan fingerprint density at radius 3 is 2.79 bits per heavy atom. The molecule has 4 heteroatoms. The van der Waals surface area contributed by atoms with Gasteiger partial charge in [-0.1, -0.05) is 6.08 Å². The molecule has 0 aliphatic heterocycles. The van der Waals surface area contributed by atoms with E-state index >= 15 is 0 Å². The lowest BCUT2D eigenvalue weighted by Gasteiger charge is -2.08. The van der Waals surface area contributed by atoms with E-state index in [9.17, 15) is 0 Å². The summed E-state index contributed by atoms with van der Waals surface area (Å²) in [5.41, 5.74) is 6.47. The molecule has 0 bridgehead atoms. The second-order valence-corrected chi connectivity index (χ2v) is 3.01. The number of aromatic nitrogens is 2. The van der Waals surface area contributed by atoms with Crippen LogP contribution in [0.3, 0.4) is 0 Å². The smallest absolute Gasteiger partial charge is 0.221 e. The van der Waals surface area contributed by atoms with E-state index in [1.54, 1.807) is 13.0 Å². The molecule has 2 N–H and O–H groups in total. The number of hydrogen-bond acceptors (Lipinski definition) is 4. The molecule has 1 aromatic rings. The lowest BCUT2D eigenvalue weighted by Crippen LogP contribution is -2.05. The number of anilines is 1. The van der Waals surface area contributed by atoms with Gasteiger partial charge in [-0.25, -0.2) is 4.98 Å². The molecule has 0 radical (unpaired) electrons. The molecule has 1 rings (SSSR count). The van der Waals surface area contributed by atoms with Gasteiger partial charge in [0.2, 0.25) is 5.88 Å². The Balaban J connectivity index is 2.79. The van der Waals surface area contributed by atoms with E-state index in [1.165, 1.54) is 0 Å². The fourth-order valence-corrected chi connectivity index (χ4v) is 1.00. The van der Waals surface area contributed by atoms with Crippen LogP contribution in [0.4, 0.5) is 5.82 Å². The minimum atomic E-state index is 0.478.